The Balaban J connectivity index is 2.02. The van der Waals surface area contributed by atoms with E-state index in [2.05, 4.69) is 0 Å². The number of fused-ring (bicyclic) bond motifs is 3. The van der Waals surface area contributed by atoms with Crippen molar-refractivity contribution in [1.29, 1.82) is 0 Å². The fourth-order valence-electron chi connectivity index (χ4n) is 6.06. The average molecular weight is 482 g/mol. The molecule has 0 unspecified atom stereocenters. The second kappa shape index (κ2) is 8.79. The molecule has 3 atom stereocenters. The monoisotopic (exact) mass is 481 g/mol. The maximum absolute atomic E-state index is 14.2. The molecule has 6 nitrogen and oxygen atoms in total. The highest BCUT2D eigenvalue weighted by atomic mass is 16.5. The molecule has 36 heavy (non-hydrogen) atoms. The standard InChI is InChI=1S/C30H27NO5/c1-18-15-16-22-21(17-18)25-26(31(22)2)23(27(32)28(33)35-3)24(19-11-7-5-8-12-19)30(25,29(34)36-4)20-13-9-6-10-14-20/h5-17,23-24H,1-4H3/t23-,24-,30-/m1/s1. The smallest absolute Gasteiger partial charge is 0.375 e. The minimum absolute atomic E-state index is 0.488. The summed E-state index contributed by atoms with van der Waals surface area (Å²) in [6.07, 6.45) is 0. The molecular formula is C30H27NO5. The molecule has 0 aliphatic heterocycles. The molecule has 1 aromatic heterocycles. The van der Waals surface area contributed by atoms with Crippen molar-refractivity contribution in [3.8, 4) is 0 Å². The summed E-state index contributed by atoms with van der Waals surface area (Å²) in [5.74, 6) is -3.83. The molecule has 0 spiro atoms. The Hall–Kier alpha value is -4.19. The second-order valence-electron chi connectivity index (χ2n) is 9.23. The lowest BCUT2D eigenvalue weighted by Gasteiger charge is -2.36. The van der Waals surface area contributed by atoms with Gasteiger partial charge in [-0.05, 0) is 30.2 Å². The van der Waals surface area contributed by atoms with Crippen LogP contribution in [0.4, 0.5) is 0 Å². The fourth-order valence-corrected chi connectivity index (χ4v) is 6.06. The molecule has 0 amide bonds. The van der Waals surface area contributed by atoms with Gasteiger partial charge in [-0.15, -0.1) is 0 Å². The van der Waals surface area contributed by atoms with E-state index in [0.717, 1.165) is 22.0 Å². The number of methoxy groups -OCH3 is 2. The van der Waals surface area contributed by atoms with Crippen LogP contribution in [0.1, 0.15) is 39.8 Å². The number of carbonyl (C=O) groups excluding carboxylic acids is 3. The van der Waals surface area contributed by atoms with Crippen LogP contribution in [0.15, 0.2) is 78.9 Å². The average Bonchev–Trinajstić information content (AvgIpc) is 3.39. The molecule has 0 saturated carbocycles. The topological polar surface area (TPSA) is 74.6 Å². The summed E-state index contributed by atoms with van der Waals surface area (Å²) in [5, 5.41) is 0.850. The van der Waals surface area contributed by atoms with Crippen LogP contribution in [0.5, 0.6) is 0 Å². The Bertz CT molecular complexity index is 1490. The lowest BCUT2D eigenvalue weighted by atomic mass is 9.64. The van der Waals surface area contributed by atoms with Gasteiger partial charge in [-0.1, -0.05) is 72.3 Å². The molecule has 4 aromatic rings. The van der Waals surface area contributed by atoms with Crippen molar-refractivity contribution in [3.63, 3.8) is 0 Å². The SMILES string of the molecule is COC(=O)C(=O)[C@H]1c2c(c3cc(C)ccc3n2C)[C@@](C(=O)OC)(c2ccccc2)[C@@H]1c1ccccc1. The van der Waals surface area contributed by atoms with E-state index in [1.54, 1.807) is 0 Å². The maximum atomic E-state index is 14.2. The quantitative estimate of drug-likeness (QED) is 0.308. The number of esters is 2. The van der Waals surface area contributed by atoms with Gasteiger partial charge in [0.1, 0.15) is 5.41 Å². The van der Waals surface area contributed by atoms with Crippen LogP contribution in [0.2, 0.25) is 0 Å². The van der Waals surface area contributed by atoms with Gasteiger partial charge in [0, 0.05) is 35.1 Å². The molecule has 1 heterocycles. The lowest BCUT2D eigenvalue weighted by Crippen LogP contribution is -2.43. The molecular weight excluding hydrogens is 454 g/mol. The van der Waals surface area contributed by atoms with E-state index in [9.17, 15) is 14.4 Å². The summed E-state index contributed by atoms with van der Waals surface area (Å²) < 4.78 is 12.4. The van der Waals surface area contributed by atoms with Crippen LogP contribution >= 0.6 is 0 Å². The zero-order valence-corrected chi connectivity index (χ0v) is 20.6. The summed E-state index contributed by atoms with van der Waals surface area (Å²) >= 11 is 0. The predicted octanol–water partition coefficient (Wildman–Crippen LogP) is 4.57. The van der Waals surface area contributed by atoms with E-state index >= 15 is 0 Å². The number of ketones is 1. The first kappa shape index (κ1) is 23.5. The van der Waals surface area contributed by atoms with Crippen molar-refractivity contribution in [2.75, 3.05) is 14.2 Å². The number of aromatic nitrogens is 1. The molecule has 0 fully saturated rings. The third-order valence-corrected chi connectivity index (χ3v) is 7.45. The van der Waals surface area contributed by atoms with E-state index in [1.165, 1.54) is 14.2 Å². The number of benzene rings is 3. The van der Waals surface area contributed by atoms with Gasteiger partial charge in [-0.3, -0.25) is 9.59 Å². The summed E-state index contributed by atoms with van der Waals surface area (Å²) in [6.45, 7) is 1.99. The summed E-state index contributed by atoms with van der Waals surface area (Å²) in [4.78, 5) is 40.7. The summed E-state index contributed by atoms with van der Waals surface area (Å²) in [6, 6.07) is 24.8. The Morgan fingerprint density at radius 3 is 2.11 bits per heavy atom. The number of rotatable bonds is 5. The molecule has 0 radical (unpaired) electrons. The van der Waals surface area contributed by atoms with Gasteiger partial charge in [-0.2, -0.15) is 0 Å². The van der Waals surface area contributed by atoms with Crippen molar-refractivity contribution in [2.24, 2.45) is 7.05 Å². The van der Waals surface area contributed by atoms with Crippen molar-refractivity contribution >= 4 is 28.6 Å². The van der Waals surface area contributed by atoms with Crippen LogP contribution < -0.4 is 0 Å². The van der Waals surface area contributed by atoms with Crippen molar-refractivity contribution in [3.05, 3.63) is 107 Å². The molecule has 6 heteroatoms. The number of hydrogen-bond acceptors (Lipinski definition) is 5. The molecule has 5 rings (SSSR count). The Kier molecular flexibility index (Phi) is 5.75. The minimum Gasteiger partial charge on any atom is -0.468 e. The van der Waals surface area contributed by atoms with Crippen LogP contribution in [-0.4, -0.2) is 36.5 Å². The fraction of sp³-hybridized carbons (Fsp3) is 0.233. The first-order valence-electron chi connectivity index (χ1n) is 11.8. The zero-order valence-electron chi connectivity index (χ0n) is 20.6. The highest BCUT2D eigenvalue weighted by Gasteiger charge is 2.64. The van der Waals surface area contributed by atoms with E-state index in [1.807, 2.05) is 97.4 Å². The molecule has 1 aliphatic carbocycles. The van der Waals surface area contributed by atoms with Crippen LogP contribution in [-0.2, 0) is 36.3 Å². The zero-order chi connectivity index (χ0) is 25.6. The lowest BCUT2D eigenvalue weighted by molar-refractivity contribution is -0.153. The Morgan fingerprint density at radius 1 is 0.861 bits per heavy atom. The highest BCUT2D eigenvalue weighted by Crippen LogP contribution is 2.62. The molecule has 182 valence electrons. The van der Waals surface area contributed by atoms with Gasteiger partial charge in [0.25, 0.3) is 0 Å². The number of Topliss-reactive ketones (excluding diaryl/α,β-unsaturated/α-hetero) is 1. The van der Waals surface area contributed by atoms with Crippen LogP contribution in [0.25, 0.3) is 10.9 Å². The maximum Gasteiger partial charge on any atom is 0.375 e. The van der Waals surface area contributed by atoms with Crippen molar-refractivity contribution in [1.82, 2.24) is 4.57 Å². The first-order valence-corrected chi connectivity index (χ1v) is 11.8. The number of carbonyl (C=O) groups is 3. The molecule has 1 aliphatic rings. The molecule has 0 bridgehead atoms. The van der Waals surface area contributed by atoms with Gasteiger partial charge in [-0.25, -0.2) is 4.79 Å². The molecule has 0 saturated heterocycles. The van der Waals surface area contributed by atoms with Crippen molar-refractivity contribution < 1.29 is 23.9 Å². The first-order chi connectivity index (χ1) is 17.4. The van der Waals surface area contributed by atoms with E-state index in [4.69, 9.17) is 9.47 Å². The number of hydrogen-bond donors (Lipinski definition) is 0. The number of nitrogens with zero attached hydrogens (tertiary/aromatic N) is 1. The van der Waals surface area contributed by atoms with Crippen LogP contribution in [0.3, 0.4) is 0 Å². The molecule has 0 N–H and O–H groups in total. The normalized spacial score (nSPS) is 20.7. The van der Waals surface area contributed by atoms with Gasteiger partial charge >= 0.3 is 11.9 Å². The van der Waals surface area contributed by atoms with Gasteiger partial charge in [0.05, 0.1) is 20.1 Å². The third-order valence-electron chi connectivity index (χ3n) is 7.45. The van der Waals surface area contributed by atoms with Gasteiger partial charge < -0.3 is 14.0 Å². The van der Waals surface area contributed by atoms with Crippen LogP contribution in [0, 0.1) is 6.92 Å². The number of aryl methyl sites for hydroxylation is 2. The predicted molar refractivity (Wildman–Crippen MR) is 136 cm³/mol. The summed E-state index contributed by atoms with van der Waals surface area (Å²) in [7, 11) is 4.43. The Labute approximate surface area is 209 Å². The highest BCUT2D eigenvalue weighted by molar-refractivity contribution is 6.36. The third kappa shape index (κ3) is 3.14. The minimum atomic E-state index is -1.38. The van der Waals surface area contributed by atoms with Crippen molar-refractivity contribution in [2.45, 2.75) is 24.2 Å². The second-order valence-corrected chi connectivity index (χ2v) is 9.23. The molecule has 3 aromatic carbocycles. The Morgan fingerprint density at radius 2 is 1.50 bits per heavy atom. The van der Waals surface area contributed by atoms with E-state index in [0.29, 0.717) is 16.8 Å². The van der Waals surface area contributed by atoms with E-state index in [-0.39, 0.29) is 0 Å². The van der Waals surface area contributed by atoms with Gasteiger partial charge in [0.2, 0.25) is 5.78 Å². The number of ether oxygens (including phenoxy) is 2. The van der Waals surface area contributed by atoms with Gasteiger partial charge in [0.15, 0.2) is 0 Å². The van der Waals surface area contributed by atoms with E-state index < -0.39 is 35.0 Å². The largest absolute Gasteiger partial charge is 0.468 e. The summed E-state index contributed by atoms with van der Waals surface area (Å²) in [5.41, 5.74) is 3.26.